The summed E-state index contributed by atoms with van der Waals surface area (Å²) in [5.74, 6) is -2.95. The average Bonchev–Trinajstić information content (AvgIpc) is 3.33. The minimum atomic E-state index is -1.14. The number of carbonyl (C=O) groups excluding carboxylic acids is 3. The van der Waals surface area contributed by atoms with Crippen LogP contribution in [0.2, 0.25) is 0 Å². The van der Waals surface area contributed by atoms with Crippen LogP contribution in [0.5, 0.6) is 0 Å². The number of rotatable bonds is 9. The van der Waals surface area contributed by atoms with Gasteiger partial charge in [0.15, 0.2) is 0 Å². The summed E-state index contributed by atoms with van der Waals surface area (Å²) in [5, 5.41) is 25.3. The van der Waals surface area contributed by atoms with E-state index in [1.165, 1.54) is 35.2 Å². The monoisotopic (exact) mass is 483 g/mol. The molecule has 184 valence electrons. The van der Waals surface area contributed by atoms with Crippen LogP contribution in [0.3, 0.4) is 0 Å². The number of nitro groups is 1. The molecule has 0 unspecified atom stereocenters. The number of para-hydroxylation sites is 1. The minimum absolute atomic E-state index is 0.0228. The number of carbonyl (C=O) groups is 4. The molecule has 0 spiro atoms. The fraction of sp³-hybridized carbons (Fsp3) is 0.304. The van der Waals surface area contributed by atoms with E-state index in [0.29, 0.717) is 18.4 Å². The number of nitrogen functional groups attached to an aromatic ring is 1. The standard InChI is InChI=1S/C23H25N5O7/c24-17-5-2-1-4-16(17)21(30)25-13-20(29)26-18(12-14-7-9-15(10-8-14)28(34)35)22(31)27-11-3-6-19(27)23(32)33/h1-2,4-5,7-10,18-19H,3,6,11-13,24H2,(H,25,30)(H,26,29)(H,32,33)/t18-,19-/m1/s1. The number of carboxylic acid groups (broad SMARTS) is 1. The van der Waals surface area contributed by atoms with Crippen molar-refractivity contribution in [2.45, 2.75) is 31.3 Å². The molecule has 1 aliphatic heterocycles. The third-order valence-electron chi connectivity index (χ3n) is 5.66. The first-order valence-corrected chi connectivity index (χ1v) is 10.9. The van der Waals surface area contributed by atoms with E-state index in [0.717, 1.165) is 0 Å². The van der Waals surface area contributed by atoms with E-state index >= 15 is 0 Å². The van der Waals surface area contributed by atoms with Crippen molar-refractivity contribution in [3.8, 4) is 0 Å². The van der Waals surface area contributed by atoms with Crippen LogP contribution in [0.1, 0.15) is 28.8 Å². The summed E-state index contributed by atoms with van der Waals surface area (Å²) in [7, 11) is 0. The predicted molar refractivity (Wildman–Crippen MR) is 124 cm³/mol. The Labute approximate surface area is 200 Å². The number of amides is 3. The molecule has 1 saturated heterocycles. The number of nitrogens with one attached hydrogen (secondary N) is 2. The number of carboxylic acids is 1. The van der Waals surface area contributed by atoms with E-state index < -0.39 is 47.2 Å². The molecule has 1 aliphatic rings. The predicted octanol–water partition coefficient (Wildman–Crippen LogP) is 0.710. The van der Waals surface area contributed by atoms with E-state index in [4.69, 9.17) is 5.73 Å². The maximum Gasteiger partial charge on any atom is 0.326 e. The topological polar surface area (TPSA) is 185 Å². The summed E-state index contributed by atoms with van der Waals surface area (Å²) in [6.07, 6.45) is 0.786. The molecule has 0 radical (unpaired) electrons. The van der Waals surface area contributed by atoms with E-state index in [9.17, 15) is 34.4 Å². The van der Waals surface area contributed by atoms with Gasteiger partial charge in [0.2, 0.25) is 11.8 Å². The van der Waals surface area contributed by atoms with Gasteiger partial charge in [-0.25, -0.2) is 4.79 Å². The number of nitrogens with two attached hydrogens (primary N) is 1. The van der Waals surface area contributed by atoms with Crippen LogP contribution in [0.25, 0.3) is 0 Å². The third kappa shape index (κ3) is 6.31. The molecule has 2 atom stereocenters. The molecular weight excluding hydrogens is 458 g/mol. The number of likely N-dealkylation sites (tertiary alicyclic amines) is 1. The Morgan fingerprint density at radius 1 is 1.14 bits per heavy atom. The van der Waals surface area contributed by atoms with Crippen LogP contribution in [0.4, 0.5) is 11.4 Å². The molecule has 12 nitrogen and oxygen atoms in total. The molecule has 35 heavy (non-hydrogen) atoms. The second-order valence-electron chi connectivity index (χ2n) is 8.05. The van der Waals surface area contributed by atoms with Gasteiger partial charge in [0.05, 0.1) is 17.0 Å². The van der Waals surface area contributed by atoms with Crippen molar-refractivity contribution in [1.29, 1.82) is 0 Å². The number of aliphatic carboxylic acids is 1. The number of hydrogen-bond donors (Lipinski definition) is 4. The molecule has 1 heterocycles. The molecule has 0 saturated carbocycles. The van der Waals surface area contributed by atoms with Gasteiger partial charge in [0.25, 0.3) is 11.6 Å². The SMILES string of the molecule is Nc1ccccc1C(=O)NCC(=O)N[C@H](Cc1ccc([N+](=O)[O-])cc1)C(=O)N1CCC[C@@H]1C(=O)O. The highest BCUT2D eigenvalue weighted by atomic mass is 16.6. The van der Waals surface area contributed by atoms with Gasteiger partial charge in [-0.1, -0.05) is 24.3 Å². The smallest absolute Gasteiger partial charge is 0.326 e. The highest BCUT2D eigenvalue weighted by molar-refractivity contribution is 6.01. The lowest BCUT2D eigenvalue weighted by Gasteiger charge is -2.27. The summed E-state index contributed by atoms with van der Waals surface area (Å²) in [4.78, 5) is 61.3. The Balaban J connectivity index is 1.72. The van der Waals surface area contributed by atoms with Crippen molar-refractivity contribution in [2.24, 2.45) is 0 Å². The molecule has 2 aromatic carbocycles. The first kappa shape index (κ1) is 25.1. The van der Waals surface area contributed by atoms with E-state index in [1.54, 1.807) is 18.2 Å². The van der Waals surface area contributed by atoms with Crippen molar-refractivity contribution >= 4 is 35.1 Å². The highest BCUT2D eigenvalue weighted by Gasteiger charge is 2.37. The van der Waals surface area contributed by atoms with Gasteiger partial charge in [-0.15, -0.1) is 0 Å². The Morgan fingerprint density at radius 2 is 1.83 bits per heavy atom. The van der Waals surface area contributed by atoms with E-state index in [1.807, 2.05) is 0 Å². The van der Waals surface area contributed by atoms with Crippen LogP contribution < -0.4 is 16.4 Å². The van der Waals surface area contributed by atoms with Crippen LogP contribution in [0.15, 0.2) is 48.5 Å². The van der Waals surface area contributed by atoms with Gasteiger partial charge < -0.3 is 26.4 Å². The van der Waals surface area contributed by atoms with Crippen molar-refractivity contribution < 1.29 is 29.2 Å². The van der Waals surface area contributed by atoms with Crippen LogP contribution in [-0.2, 0) is 20.8 Å². The molecule has 12 heteroatoms. The first-order chi connectivity index (χ1) is 16.7. The molecule has 0 aliphatic carbocycles. The van der Waals surface area contributed by atoms with Crippen LogP contribution in [-0.4, -0.2) is 63.8 Å². The summed E-state index contributed by atoms with van der Waals surface area (Å²) >= 11 is 0. The van der Waals surface area contributed by atoms with Crippen molar-refractivity contribution in [3.05, 3.63) is 69.8 Å². The van der Waals surface area contributed by atoms with Gasteiger partial charge in [-0.3, -0.25) is 24.5 Å². The van der Waals surface area contributed by atoms with Crippen molar-refractivity contribution in [3.63, 3.8) is 0 Å². The molecule has 0 aromatic heterocycles. The number of nitro benzene ring substituents is 1. The maximum absolute atomic E-state index is 13.2. The summed E-state index contributed by atoms with van der Waals surface area (Å²) < 4.78 is 0. The van der Waals surface area contributed by atoms with Crippen molar-refractivity contribution in [2.75, 3.05) is 18.8 Å². The molecular formula is C23H25N5O7. The number of non-ortho nitro benzene ring substituents is 1. The summed E-state index contributed by atoms with van der Waals surface area (Å²) in [6, 6.07) is 9.67. The zero-order valence-electron chi connectivity index (χ0n) is 18.7. The maximum atomic E-state index is 13.2. The van der Waals surface area contributed by atoms with E-state index in [2.05, 4.69) is 10.6 Å². The Morgan fingerprint density at radius 3 is 2.46 bits per heavy atom. The lowest BCUT2D eigenvalue weighted by molar-refractivity contribution is -0.384. The van der Waals surface area contributed by atoms with E-state index in [-0.39, 0.29) is 29.9 Å². The Kier molecular flexibility index (Phi) is 7.97. The lowest BCUT2D eigenvalue weighted by Crippen LogP contribution is -2.54. The summed E-state index contributed by atoms with van der Waals surface area (Å²) in [5.41, 5.74) is 6.60. The number of nitrogens with zero attached hydrogens (tertiary/aromatic N) is 2. The molecule has 0 bridgehead atoms. The number of benzene rings is 2. The molecule has 3 amide bonds. The largest absolute Gasteiger partial charge is 0.480 e. The normalized spacial score (nSPS) is 15.8. The average molecular weight is 483 g/mol. The fourth-order valence-corrected chi connectivity index (χ4v) is 3.88. The Bertz CT molecular complexity index is 1140. The molecule has 3 rings (SSSR count). The first-order valence-electron chi connectivity index (χ1n) is 10.9. The minimum Gasteiger partial charge on any atom is -0.480 e. The van der Waals surface area contributed by atoms with Gasteiger partial charge in [-0.2, -0.15) is 0 Å². The molecule has 2 aromatic rings. The van der Waals surface area contributed by atoms with Crippen LogP contribution >= 0.6 is 0 Å². The van der Waals surface area contributed by atoms with Gasteiger partial charge in [0.1, 0.15) is 12.1 Å². The lowest BCUT2D eigenvalue weighted by atomic mass is 10.0. The van der Waals surface area contributed by atoms with Gasteiger partial charge >= 0.3 is 5.97 Å². The quantitative estimate of drug-likeness (QED) is 0.228. The van der Waals surface area contributed by atoms with Gasteiger partial charge in [-0.05, 0) is 30.5 Å². The number of hydrogen-bond acceptors (Lipinski definition) is 7. The highest BCUT2D eigenvalue weighted by Crippen LogP contribution is 2.20. The third-order valence-corrected chi connectivity index (χ3v) is 5.66. The second-order valence-corrected chi connectivity index (χ2v) is 8.05. The molecule has 1 fully saturated rings. The van der Waals surface area contributed by atoms with Crippen molar-refractivity contribution in [1.82, 2.24) is 15.5 Å². The van der Waals surface area contributed by atoms with Crippen LogP contribution in [0, 0.1) is 10.1 Å². The van der Waals surface area contributed by atoms with Gasteiger partial charge in [0, 0.05) is 30.8 Å². The zero-order valence-corrected chi connectivity index (χ0v) is 18.7. The fourth-order valence-electron chi connectivity index (χ4n) is 3.88. The second kappa shape index (κ2) is 11.1. The zero-order chi connectivity index (χ0) is 25.5. The summed E-state index contributed by atoms with van der Waals surface area (Å²) in [6.45, 7) is -0.216. The number of anilines is 1. The molecule has 5 N–H and O–H groups in total. The Hall–Kier alpha value is -4.48.